The van der Waals surface area contributed by atoms with Crippen molar-refractivity contribution in [1.82, 2.24) is 10.2 Å². The lowest BCUT2D eigenvalue weighted by atomic mass is 9.76. The molecule has 1 saturated heterocycles. The average Bonchev–Trinajstić information content (AvgIpc) is 2.44. The minimum atomic E-state index is -4.88. The summed E-state index contributed by atoms with van der Waals surface area (Å²) in [7, 11) is 0. The first-order valence-electron chi connectivity index (χ1n) is 7.94. The van der Waals surface area contributed by atoms with Crippen molar-refractivity contribution in [3.05, 3.63) is 29.6 Å². The van der Waals surface area contributed by atoms with Crippen LogP contribution >= 0.6 is 24.8 Å². The lowest BCUT2D eigenvalue weighted by Gasteiger charge is -2.43. The Kier molecular flexibility index (Phi) is 8.25. The Hall–Kier alpha value is -0.760. The third-order valence-corrected chi connectivity index (χ3v) is 4.66. The van der Waals surface area contributed by atoms with E-state index in [0.29, 0.717) is 5.92 Å². The Morgan fingerprint density at radius 2 is 1.76 bits per heavy atom. The van der Waals surface area contributed by atoms with Crippen LogP contribution in [0.15, 0.2) is 18.2 Å². The molecule has 144 valence electrons. The standard InChI is InChI=1S/C16H20F4N2O.2ClH/c17-13-10-12(4-5-14(13)23-16(18,19)20)15(11-2-1-3-11)22-8-6-21-7-9-22;;/h4-5,10-11,15,21H,1-3,6-9H2;2*1H/t15-;;/m0../s1. The van der Waals surface area contributed by atoms with Crippen LogP contribution in [0.2, 0.25) is 0 Å². The van der Waals surface area contributed by atoms with Gasteiger partial charge in [-0.05, 0) is 36.5 Å². The van der Waals surface area contributed by atoms with E-state index in [1.807, 2.05) is 0 Å². The molecule has 0 aromatic heterocycles. The number of hydrogen-bond donors (Lipinski definition) is 1. The van der Waals surface area contributed by atoms with Gasteiger partial charge in [0.05, 0.1) is 0 Å². The van der Waals surface area contributed by atoms with Crippen molar-refractivity contribution in [3.63, 3.8) is 0 Å². The highest BCUT2D eigenvalue weighted by Gasteiger charge is 2.35. The van der Waals surface area contributed by atoms with Crippen LogP contribution in [0.1, 0.15) is 30.9 Å². The minimum absolute atomic E-state index is 0. The van der Waals surface area contributed by atoms with E-state index in [2.05, 4.69) is 15.0 Å². The van der Waals surface area contributed by atoms with Gasteiger partial charge < -0.3 is 10.1 Å². The Morgan fingerprint density at radius 3 is 2.24 bits per heavy atom. The Bertz CT molecular complexity index is 549. The molecule has 0 amide bonds. The number of alkyl halides is 3. The van der Waals surface area contributed by atoms with Crippen LogP contribution in [0.25, 0.3) is 0 Å². The fraction of sp³-hybridized carbons (Fsp3) is 0.625. The number of ether oxygens (including phenoxy) is 1. The first kappa shape index (κ1) is 22.3. The van der Waals surface area contributed by atoms with Gasteiger partial charge in [-0.25, -0.2) is 4.39 Å². The lowest BCUT2D eigenvalue weighted by Crippen LogP contribution is -2.47. The van der Waals surface area contributed by atoms with Crippen LogP contribution in [-0.4, -0.2) is 37.4 Å². The summed E-state index contributed by atoms with van der Waals surface area (Å²) in [5.74, 6) is -1.28. The second-order valence-corrected chi connectivity index (χ2v) is 6.16. The summed E-state index contributed by atoms with van der Waals surface area (Å²) >= 11 is 0. The van der Waals surface area contributed by atoms with Gasteiger partial charge in [-0.1, -0.05) is 12.5 Å². The maximum atomic E-state index is 14.0. The van der Waals surface area contributed by atoms with E-state index in [0.717, 1.165) is 57.1 Å². The summed E-state index contributed by atoms with van der Waals surface area (Å²) in [5.41, 5.74) is 0.739. The second-order valence-electron chi connectivity index (χ2n) is 6.16. The lowest BCUT2D eigenvalue weighted by molar-refractivity contribution is -0.275. The molecule has 1 atom stereocenters. The number of rotatable bonds is 4. The van der Waals surface area contributed by atoms with E-state index in [4.69, 9.17) is 0 Å². The monoisotopic (exact) mass is 404 g/mol. The summed E-state index contributed by atoms with van der Waals surface area (Å²) in [6.45, 7) is 3.48. The molecule has 1 saturated carbocycles. The average molecular weight is 405 g/mol. The summed E-state index contributed by atoms with van der Waals surface area (Å²) in [6, 6.07) is 3.92. The minimum Gasteiger partial charge on any atom is -0.403 e. The maximum absolute atomic E-state index is 14.0. The van der Waals surface area contributed by atoms with Crippen molar-refractivity contribution in [2.24, 2.45) is 5.92 Å². The molecule has 0 radical (unpaired) electrons. The van der Waals surface area contributed by atoms with Crippen molar-refractivity contribution in [2.75, 3.05) is 26.2 Å². The Morgan fingerprint density at radius 1 is 1.12 bits per heavy atom. The quantitative estimate of drug-likeness (QED) is 0.756. The summed E-state index contributed by atoms with van der Waals surface area (Å²) in [6.07, 6.45) is -1.56. The van der Waals surface area contributed by atoms with Gasteiger partial charge in [0.15, 0.2) is 11.6 Å². The van der Waals surface area contributed by atoms with Crippen molar-refractivity contribution in [1.29, 1.82) is 0 Å². The van der Waals surface area contributed by atoms with E-state index in [1.165, 1.54) is 6.07 Å². The topological polar surface area (TPSA) is 24.5 Å². The molecule has 0 spiro atoms. The molecule has 3 rings (SSSR count). The molecule has 2 aliphatic rings. The zero-order chi connectivity index (χ0) is 16.4. The molecule has 1 heterocycles. The SMILES string of the molecule is Cl.Cl.Fc1cc([C@H](C2CCC2)N2CCNCC2)ccc1OC(F)(F)F. The fourth-order valence-corrected chi connectivity index (χ4v) is 3.41. The van der Waals surface area contributed by atoms with E-state index < -0.39 is 17.9 Å². The normalized spacial score (nSPS) is 20.0. The number of halogens is 6. The van der Waals surface area contributed by atoms with E-state index >= 15 is 0 Å². The number of hydrogen-bond acceptors (Lipinski definition) is 3. The molecule has 1 aromatic rings. The molecule has 9 heteroatoms. The van der Waals surface area contributed by atoms with Crippen molar-refractivity contribution >= 4 is 24.8 Å². The van der Waals surface area contributed by atoms with Crippen LogP contribution in [0.5, 0.6) is 5.75 Å². The molecular formula is C16H22Cl2F4N2O. The van der Waals surface area contributed by atoms with Gasteiger partial charge in [0.1, 0.15) is 0 Å². The van der Waals surface area contributed by atoms with Gasteiger partial charge in [0.2, 0.25) is 0 Å². The van der Waals surface area contributed by atoms with Gasteiger partial charge in [0.25, 0.3) is 0 Å². The fourth-order valence-electron chi connectivity index (χ4n) is 3.41. The van der Waals surface area contributed by atoms with Crippen molar-refractivity contribution in [3.8, 4) is 5.75 Å². The van der Waals surface area contributed by atoms with E-state index in [9.17, 15) is 17.6 Å². The van der Waals surface area contributed by atoms with E-state index in [1.54, 1.807) is 6.07 Å². The van der Waals surface area contributed by atoms with Crippen molar-refractivity contribution in [2.45, 2.75) is 31.7 Å². The van der Waals surface area contributed by atoms with Crippen LogP contribution in [0.4, 0.5) is 17.6 Å². The molecule has 1 aromatic carbocycles. The number of benzene rings is 1. The van der Waals surface area contributed by atoms with E-state index in [-0.39, 0.29) is 30.9 Å². The highest BCUT2D eigenvalue weighted by atomic mass is 35.5. The van der Waals surface area contributed by atoms with Crippen LogP contribution in [-0.2, 0) is 0 Å². The first-order valence-corrected chi connectivity index (χ1v) is 7.94. The van der Waals surface area contributed by atoms with Crippen LogP contribution in [0, 0.1) is 11.7 Å². The predicted molar refractivity (Wildman–Crippen MR) is 92.1 cm³/mol. The third kappa shape index (κ3) is 5.61. The summed E-state index contributed by atoms with van der Waals surface area (Å²) < 4.78 is 54.5. The molecule has 0 unspecified atom stereocenters. The highest BCUT2D eigenvalue weighted by Crippen LogP contribution is 2.42. The van der Waals surface area contributed by atoms with Gasteiger partial charge in [-0.2, -0.15) is 0 Å². The zero-order valence-corrected chi connectivity index (χ0v) is 15.2. The van der Waals surface area contributed by atoms with Gasteiger partial charge in [0, 0.05) is 32.2 Å². The van der Waals surface area contributed by atoms with Gasteiger partial charge in [-0.15, -0.1) is 38.0 Å². The number of nitrogens with one attached hydrogen (secondary N) is 1. The number of nitrogens with zero attached hydrogens (tertiary/aromatic N) is 1. The van der Waals surface area contributed by atoms with Crippen LogP contribution < -0.4 is 10.1 Å². The largest absolute Gasteiger partial charge is 0.573 e. The molecule has 25 heavy (non-hydrogen) atoms. The zero-order valence-electron chi connectivity index (χ0n) is 13.5. The molecule has 3 nitrogen and oxygen atoms in total. The van der Waals surface area contributed by atoms with Crippen LogP contribution in [0.3, 0.4) is 0 Å². The molecule has 0 bridgehead atoms. The smallest absolute Gasteiger partial charge is 0.403 e. The molecular weight excluding hydrogens is 383 g/mol. The molecule has 2 fully saturated rings. The number of piperazine rings is 1. The maximum Gasteiger partial charge on any atom is 0.573 e. The summed E-state index contributed by atoms with van der Waals surface area (Å²) in [5, 5.41) is 3.28. The van der Waals surface area contributed by atoms with Crippen molar-refractivity contribution < 1.29 is 22.3 Å². The first-order chi connectivity index (χ1) is 10.9. The third-order valence-electron chi connectivity index (χ3n) is 4.66. The highest BCUT2D eigenvalue weighted by molar-refractivity contribution is 5.85. The predicted octanol–water partition coefficient (Wildman–Crippen LogP) is 4.31. The Labute approximate surface area is 156 Å². The second kappa shape index (κ2) is 9.26. The Balaban J connectivity index is 0.00000156. The van der Waals surface area contributed by atoms with Gasteiger partial charge in [-0.3, -0.25) is 4.90 Å². The molecule has 1 aliphatic heterocycles. The molecule has 1 N–H and O–H groups in total. The summed E-state index contributed by atoms with van der Waals surface area (Å²) in [4.78, 5) is 2.30. The van der Waals surface area contributed by atoms with Gasteiger partial charge >= 0.3 is 6.36 Å². The molecule has 1 aliphatic carbocycles.